The number of hydrogen-bond acceptors (Lipinski definition) is 2. The van der Waals surface area contributed by atoms with Crippen molar-refractivity contribution in [3.05, 3.63) is 29.8 Å². The third-order valence-electron chi connectivity index (χ3n) is 3.89. The van der Waals surface area contributed by atoms with Crippen LogP contribution in [0.4, 0.5) is 5.69 Å². The number of amides is 1. The second kappa shape index (κ2) is 5.64. The van der Waals surface area contributed by atoms with E-state index in [0.717, 1.165) is 18.4 Å². The number of carbonyl (C=O) groups excluding carboxylic acids is 1. The number of nitrogens with one attached hydrogen (secondary N) is 1. The Morgan fingerprint density at radius 3 is 2.95 bits per heavy atom. The molecule has 3 heteroatoms. The summed E-state index contributed by atoms with van der Waals surface area (Å²) in [7, 11) is 0. The molecule has 0 aliphatic heterocycles. The Hall–Kier alpha value is -1.51. The van der Waals surface area contributed by atoms with Gasteiger partial charge in [-0.2, -0.15) is 0 Å². The summed E-state index contributed by atoms with van der Waals surface area (Å²) in [6, 6.07) is 7.87. The van der Waals surface area contributed by atoms with E-state index >= 15 is 0 Å². The number of nitrogen functional groups attached to an aromatic ring is 1. The van der Waals surface area contributed by atoms with Crippen LogP contribution < -0.4 is 11.1 Å². The highest BCUT2D eigenvalue weighted by Crippen LogP contribution is 2.35. The van der Waals surface area contributed by atoms with Crippen molar-refractivity contribution >= 4 is 11.6 Å². The molecule has 104 valence electrons. The molecule has 19 heavy (non-hydrogen) atoms. The van der Waals surface area contributed by atoms with Gasteiger partial charge in [0.05, 0.1) is 6.42 Å². The van der Waals surface area contributed by atoms with Crippen molar-refractivity contribution in [2.24, 2.45) is 5.41 Å². The third kappa shape index (κ3) is 4.27. The average Bonchev–Trinajstić information content (AvgIpc) is 2.27. The summed E-state index contributed by atoms with van der Waals surface area (Å²) >= 11 is 0. The quantitative estimate of drug-likeness (QED) is 0.821. The van der Waals surface area contributed by atoms with Gasteiger partial charge in [-0.3, -0.25) is 4.79 Å². The Morgan fingerprint density at radius 2 is 2.26 bits per heavy atom. The van der Waals surface area contributed by atoms with Crippen molar-refractivity contribution in [2.75, 3.05) is 5.73 Å². The molecule has 0 aromatic heterocycles. The molecule has 0 radical (unpaired) electrons. The van der Waals surface area contributed by atoms with Crippen LogP contribution in [0, 0.1) is 5.41 Å². The maximum Gasteiger partial charge on any atom is 0.224 e. The molecule has 2 rings (SSSR count). The van der Waals surface area contributed by atoms with E-state index in [1.807, 2.05) is 24.3 Å². The molecule has 1 aliphatic rings. The fourth-order valence-electron chi connectivity index (χ4n) is 2.99. The lowest BCUT2D eigenvalue weighted by Gasteiger charge is -2.35. The number of carbonyl (C=O) groups is 1. The molecule has 1 aromatic rings. The highest BCUT2D eigenvalue weighted by molar-refractivity contribution is 5.79. The Kier molecular flexibility index (Phi) is 4.13. The molecule has 0 bridgehead atoms. The van der Waals surface area contributed by atoms with Crippen LogP contribution >= 0.6 is 0 Å². The largest absolute Gasteiger partial charge is 0.399 e. The van der Waals surface area contributed by atoms with Gasteiger partial charge in [-0.25, -0.2) is 0 Å². The Labute approximate surface area is 115 Å². The lowest BCUT2D eigenvalue weighted by Crippen LogP contribution is -2.41. The highest BCUT2D eigenvalue weighted by Gasteiger charge is 2.28. The van der Waals surface area contributed by atoms with Crippen LogP contribution in [0.15, 0.2) is 24.3 Å². The van der Waals surface area contributed by atoms with E-state index in [1.54, 1.807) is 0 Å². The third-order valence-corrected chi connectivity index (χ3v) is 3.89. The summed E-state index contributed by atoms with van der Waals surface area (Å²) < 4.78 is 0. The number of anilines is 1. The number of nitrogens with two attached hydrogens (primary N) is 1. The van der Waals surface area contributed by atoms with Gasteiger partial charge < -0.3 is 11.1 Å². The first-order valence-electron chi connectivity index (χ1n) is 7.08. The molecule has 3 nitrogen and oxygen atoms in total. The van der Waals surface area contributed by atoms with Crippen molar-refractivity contribution < 1.29 is 4.79 Å². The van der Waals surface area contributed by atoms with Gasteiger partial charge in [-0.1, -0.05) is 32.4 Å². The van der Waals surface area contributed by atoms with E-state index < -0.39 is 0 Å². The molecule has 0 spiro atoms. The molecule has 1 fully saturated rings. The summed E-state index contributed by atoms with van der Waals surface area (Å²) in [6.07, 6.45) is 5.06. The van der Waals surface area contributed by atoms with Gasteiger partial charge in [0, 0.05) is 11.7 Å². The second-order valence-corrected chi connectivity index (χ2v) is 6.45. The standard InChI is InChI=1S/C16H24N2O/c1-16(2)8-4-7-14(11-16)18-15(19)10-12-5-3-6-13(17)9-12/h3,5-6,9,14H,4,7-8,10-11,17H2,1-2H3,(H,18,19). The number of benzene rings is 1. The highest BCUT2D eigenvalue weighted by atomic mass is 16.1. The second-order valence-electron chi connectivity index (χ2n) is 6.45. The molecule has 1 atom stereocenters. The summed E-state index contributed by atoms with van der Waals surface area (Å²) in [6.45, 7) is 4.56. The van der Waals surface area contributed by atoms with E-state index in [2.05, 4.69) is 19.2 Å². The Bertz CT molecular complexity index is 454. The zero-order chi connectivity index (χ0) is 13.9. The SMILES string of the molecule is CC1(C)CCCC(NC(=O)Cc2cccc(N)c2)C1. The van der Waals surface area contributed by atoms with Gasteiger partial charge in [0.2, 0.25) is 5.91 Å². The first kappa shape index (κ1) is 13.9. The Morgan fingerprint density at radius 1 is 1.47 bits per heavy atom. The van der Waals surface area contributed by atoms with Crippen molar-refractivity contribution in [3.8, 4) is 0 Å². The van der Waals surface area contributed by atoms with Gasteiger partial charge in [0.25, 0.3) is 0 Å². The molecule has 1 saturated carbocycles. The first-order valence-corrected chi connectivity index (χ1v) is 7.08. The smallest absolute Gasteiger partial charge is 0.224 e. The molecular weight excluding hydrogens is 236 g/mol. The average molecular weight is 260 g/mol. The summed E-state index contributed by atoms with van der Waals surface area (Å²) in [4.78, 5) is 12.1. The minimum absolute atomic E-state index is 0.105. The monoisotopic (exact) mass is 260 g/mol. The van der Waals surface area contributed by atoms with E-state index in [-0.39, 0.29) is 5.91 Å². The fraction of sp³-hybridized carbons (Fsp3) is 0.562. The van der Waals surface area contributed by atoms with Crippen molar-refractivity contribution in [1.82, 2.24) is 5.32 Å². The zero-order valence-electron chi connectivity index (χ0n) is 11.9. The van der Waals surface area contributed by atoms with Crippen molar-refractivity contribution in [3.63, 3.8) is 0 Å². The molecule has 0 heterocycles. The van der Waals surface area contributed by atoms with E-state index in [9.17, 15) is 4.79 Å². The number of hydrogen-bond donors (Lipinski definition) is 2. The van der Waals surface area contributed by atoms with Crippen LogP contribution in [-0.4, -0.2) is 11.9 Å². The normalized spacial score (nSPS) is 21.9. The maximum atomic E-state index is 12.1. The minimum Gasteiger partial charge on any atom is -0.399 e. The predicted octanol–water partition coefficient (Wildman–Crippen LogP) is 2.90. The predicted molar refractivity (Wildman–Crippen MR) is 78.7 cm³/mol. The maximum absolute atomic E-state index is 12.1. The van der Waals surface area contributed by atoms with Gasteiger partial charge >= 0.3 is 0 Å². The summed E-state index contributed by atoms with van der Waals surface area (Å²) in [5.41, 5.74) is 7.77. The minimum atomic E-state index is 0.105. The van der Waals surface area contributed by atoms with Gasteiger partial charge in [-0.15, -0.1) is 0 Å². The number of rotatable bonds is 3. The van der Waals surface area contributed by atoms with Crippen LogP contribution in [0.1, 0.15) is 45.1 Å². The summed E-state index contributed by atoms with van der Waals surface area (Å²) in [5.74, 6) is 0.105. The van der Waals surface area contributed by atoms with Crippen LogP contribution in [0.5, 0.6) is 0 Å². The lowest BCUT2D eigenvalue weighted by atomic mass is 9.75. The van der Waals surface area contributed by atoms with Crippen LogP contribution in [-0.2, 0) is 11.2 Å². The molecule has 1 aliphatic carbocycles. The molecule has 1 amide bonds. The molecule has 1 aromatic carbocycles. The molecule has 1 unspecified atom stereocenters. The fourth-order valence-corrected chi connectivity index (χ4v) is 2.99. The molecule has 3 N–H and O–H groups in total. The van der Waals surface area contributed by atoms with Gasteiger partial charge in [-0.05, 0) is 42.4 Å². The van der Waals surface area contributed by atoms with Crippen LogP contribution in [0.2, 0.25) is 0 Å². The van der Waals surface area contributed by atoms with Crippen molar-refractivity contribution in [1.29, 1.82) is 0 Å². The Balaban J connectivity index is 1.87. The van der Waals surface area contributed by atoms with E-state index in [0.29, 0.717) is 23.6 Å². The first-order chi connectivity index (χ1) is 8.94. The zero-order valence-corrected chi connectivity index (χ0v) is 11.9. The van der Waals surface area contributed by atoms with Gasteiger partial charge in [0.1, 0.15) is 0 Å². The van der Waals surface area contributed by atoms with Crippen LogP contribution in [0.25, 0.3) is 0 Å². The molecular formula is C16H24N2O. The van der Waals surface area contributed by atoms with Gasteiger partial charge in [0.15, 0.2) is 0 Å². The summed E-state index contributed by atoms with van der Waals surface area (Å²) in [5, 5.41) is 3.16. The lowest BCUT2D eigenvalue weighted by molar-refractivity contribution is -0.121. The van der Waals surface area contributed by atoms with E-state index in [4.69, 9.17) is 5.73 Å². The topological polar surface area (TPSA) is 55.1 Å². The molecule has 0 saturated heterocycles. The van der Waals surface area contributed by atoms with Crippen LogP contribution in [0.3, 0.4) is 0 Å². The van der Waals surface area contributed by atoms with E-state index in [1.165, 1.54) is 12.8 Å². The van der Waals surface area contributed by atoms with Crippen molar-refractivity contribution in [2.45, 2.75) is 52.0 Å².